The fourth-order valence-corrected chi connectivity index (χ4v) is 1.60. The van der Waals surface area contributed by atoms with Crippen LogP contribution in [-0.4, -0.2) is 34.5 Å². The van der Waals surface area contributed by atoms with Crippen molar-refractivity contribution in [3.8, 4) is 0 Å². The second-order valence-electron chi connectivity index (χ2n) is 3.30. The number of nitrogens with two attached hydrogens (primary N) is 1. The van der Waals surface area contributed by atoms with E-state index in [1.54, 1.807) is 18.7 Å². The summed E-state index contributed by atoms with van der Waals surface area (Å²) in [5.74, 6) is -0.0263. The van der Waals surface area contributed by atoms with Crippen molar-refractivity contribution in [2.24, 2.45) is 5.73 Å². The maximum Gasteiger partial charge on any atom is 0.245 e. The smallest absolute Gasteiger partial charge is 0.245 e. The molecule has 0 bridgehead atoms. The summed E-state index contributed by atoms with van der Waals surface area (Å²) in [6.07, 6.45) is 0. The van der Waals surface area contributed by atoms with E-state index in [9.17, 15) is 4.79 Å². The number of carbonyl (C=O) groups excluding carboxylic acids is 1. The van der Waals surface area contributed by atoms with E-state index in [1.807, 2.05) is 0 Å². The number of nitrogens with zero attached hydrogens (tertiary/aromatic N) is 1. The molecule has 0 aromatic carbocycles. The molecule has 0 aliphatic carbocycles. The highest BCUT2D eigenvalue weighted by molar-refractivity contribution is 7.80. The zero-order valence-corrected chi connectivity index (χ0v) is 8.07. The molecule has 0 saturated carbocycles. The summed E-state index contributed by atoms with van der Waals surface area (Å²) in [5, 5.41) is 3.05. The number of thiocarbonyl (C=S) groups is 1. The maximum atomic E-state index is 11.4. The fourth-order valence-electron chi connectivity index (χ4n) is 1.29. The van der Waals surface area contributed by atoms with Crippen molar-refractivity contribution in [3.05, 3.63) is 0 Å². The van der Waals surface area contributed by atoms with Crippen LogP contribution < -0.4 is 11.1 Å². The zero-order chi connectivity index (χ0) is 9.35. The third-order valence-corrected chi connectivity index (χ3v) is 2.34. The first-order chi connectivity index (χ1) is 5.46. The molecule has 1 aliphatic heterocycles. The lowest BCUT2D eigenvalue weighted by Crippen LogP contribution is -2.64. The van der Waals surface area contributed by atoms with E-state index in [1.165, 1.54) is 0 Å². The van der Waals surface area contributed by atoms with Gasteiger partial charge in [0.15, 0.2) is 5.11 Å². The minimum Gasteiger partial charge on any atom is -0.376 e. The number of amides is 1. The minimum absolute atomic E-state index is 0.0263. The highest BCUT2D eigenvalue weighted by Gasteiger charge is 2.38. The van der Waals surface area contributed by atoms with Crippen molar-refractivity contribution < 1.29 is 4.79 Å². The molecule has 1 rings (SSSR count). The summed E-state index contributed by atoms with van der Waals surface area (Å²) < 4.78 is 0. The maximum absolute atomic E-state index is 11.4. The van der Waals surface area contributed by atoms with Gasteiger partial charge in [0.2, 0.25) is 5.91 Å². The summed E-state index contributed by atoms with van der Waals surface area (Å²) in [4.78, 5) is 13.1. The summed E-state index contributed by atoms with van der Waals surface area (Å²) in [7, 11) is 0. The van der Waals surface area contributed by atoms with Crippen LogP contribution in [0.15, 0.2) is 0 Å². The van der Waals surface area contributed by atoms with Crippen LogP contribution in [0.2, 0.25) is 0 Å². The molecular weight excluding hydrogens is 174 g/mol. The minimum atomic E-state index is -0.607. The van der Waals surface area contributed by atoms with Gasteiger partial charge in [0.25, 0.3) is 0 Å². The Bertz CT molecular complexity index is 227. The van der Waals surface area contributed by atoms with Gasteiger partial charge in [-0.2, -0.15) is 0 Å². The van der Waals surface area contributed by atoms with Crippen molar-refractivity contribution in [1.29, 1.82) is 0 Å². The first-order valence-corrected chi connectivity index (χ1v) is 4.22. The molecule has 4 nitrogen and oxygen atoms in total. The Balaban J connectivity index is 2.86. The monoisotopic (exact) mass is 187 g/mol. The van der Waals surface area contributed by atoms with Gasteiger partial charge in [0.05, 0.1) is 0 Å². The highest BCUT2D eigenvalue weighted by atomic mass is 32.1. The Morgan fingerprint density at radius 1 is 1.75 bits per heavy atom. The largest absolute Gasteiger partial charge is 0.376 e. The van der Waals surface area contributed by atoms with E-state index in [2.05, 4.69) is 5.32 Å². The molecule has 1 heterocycles. The lowest BCUT2D eigenvalue weighted by molar-refractivity contribution is -0.131. The number of rotatable bonds is 0. The molecule has 1 amide bonds. The third kappa shape index (κ3) is 1.36. The van der Waals surface area contributed by atoms with Crippen molar-refractivity contribution in [1.82, 2.24) is 10.2 Å². The van der Waals surface area contributed by atoms with E-state index in [0.29, 0.717) is 13.1 Å². The summed E-state index contributed by atoms with van der Waals surface area (Å²) in [5.41, 5.74) is 4.88. The van der Waals surface area contributed by atoms with Crippen molar-refractivity contribution in [3.63, 3.8) is 0 Å². The van der Waals surface area contributed by atoms with Gasteiger partial charge in [0, 0.05) is 13.1 Å². The van der Waals surface area contributed by atoms with Gasteiger partial charge >= 0.3 is 0 Å². The SMILES string of the molecule is CC1(C)C(=O)NCCN1C(N)=S. The number of nitrogens with one attached hydrogen (secondary N) is 1. The van der Waals surface area contributed by atoms with Gasteiger partial charge in [-0.1, -0.05) is 0 Å². The van der Waals surface area contributed by atoms with Crippen LogP contribution in [0.3, 0.4) is 0 Å². The van der Waals surface area contributed by atoms with E-state index in [0.717, 1.165) is 0 Å². The molecule has 5 heteroatoms. The molecule has 0 spiro atoms. The number of piperazine rings is 1. The van der Waals surface area contributed by atoms with Gasteiger partial charge in [-0.25, -0.2) is 0 Å². The van der Waals surface area contributed by atoms with Crippen molar-refractivity contribution >= 4 is 23.2 Å². The second-order valence-corrected chi connectivity index (χ2v) is 3.72. The second kappa shape index (κ2) is 2.90. The predicted octanol–water partition coefficient (Wildman–Crippen LogP) is -0.560. The van der Waals surface area contributed by atoms with Crippen molar-refractivity contribution in [2.75, 3.05) is 13.1 Å². The molecule has 1 fully saturated rings. The van der Waals surface area contributed by atoms with E-state index < -0.39 is 5.54 Å². The van der Waals surface area contributed by atoms with Gasteiger partial charge in [-0.3, -0.25) is 4.79 Å². The summed E-state index contributed by atoms with van der Waals surface area (Å²) in [6.45, 7) is 4.91. The lowest BCUT2D eigenvalue weighted by Gasteiger charge is -2.41. The van der Waals surface area contributed by atoms with Crippen LogP contribution in [0.4, 0.5) is 0 Å². The van der Waals surface area contributed by atoms with Crippen LogP contribution >= 0.6 is 12.2 Å². The fraction of sp³-hybridized carbons (Fsp3) is 0.714. The first-order valence-electron chi connectivity index (χ1n) is 3.81. The first kappa shape index (κ1) is 9.25. The molecule has 0 unspecified atom stereocenters. The van der Waals surface area contributed by atoms with E-state index in [-0.39, 0.29) is 11.0 Å². The third-order valence-electron chi connectivity index (χ3n) is 2.12. The number of hydrogen-bond donors (Lipinski definition) is 2. The number of carbonyl (C=O) groups is 1. The lowest BCUT2D eigenvalue weighted by atomic mass is 10.00. The predicted molar refractivity (Wildman–Crippen MR) is 50.6 cm³/mol. The van der Waals surface area contributed by atoms with Crippen LogP contribution in [0.1, 0.15) is 13.8 Å². The van der Waals surface area contributed by atoms with Gasteiger partial charge in [-0.15, -0.1) is 0 Å². The number of hydrogen-bond acceptors (Lipinski definition) is 2. The van der Waals surface area contributed by atoms with E-state index >= 15 is 0 Å². The highest BCUT2D eigenvalue weighted by Crippen LogP contribution is 2.16. The van der Waals surface area contributed by atoms with Gasteiger partial charge in [0.1, 0.15) is 5.54 Å². The Kier molecular flexibility index (Phi) is 2.23. The quantitative estimate of drug-likeness (QED) is 0.499. The average molecular weight is 187 g/mol. The normalized spacial score (nSPS) is 21.8. The van der Waals surface area contributed by atoms with Crippen molar-refractivity contribution in [2.45, 2.75) is 19.4 Å². The Morgan fingerprint density at radius 2 is 2.33 bits per heavy atom. The molecule has 1 aliphatic rings. The van der Waals surface area contributed by atoms with Crippen LogP contribution in [0, 0.1) is 0 Å². The molecule has 0 atom stereocenters. The molecule has 3 N–H and O–H groups in total. The van der Waals surface area contributed by atoms with E-state index in [4.69, 9.17) is 18.0 Å². The topological polar surface area (TPSA) is 58.4 Å². The molecule has 0 radical (unpaired) electrons. The standard InChI is InChI=1S/C7H13N3OS/c1-7(2)5(11)9-3-4-10(7)6(8)12/h3-4H2,1-2H3,(H2,8,12)(H,9,11). The van der Waals surface area contributed by atoms with Crippen LogP contribution in [0.5, 0.6) is 0 Å². The molecule has 0 aromatic heterocycles. The van der Waals surface area contributed by atoms with Gasteiger partial charge < -0.3 is 16.0 Å². The Labute approximate surface area is 77.1 Å². The average Bonchev–Trinajstić information content (AvgIpc) is 1.94. The molecule has 68 valence electrons. The molecule has 0 aromatic rings. The van der Waals surface area contributed by atoms with Crippen LogP contribution in [0.25, 0.3) is 0 Å². The van der Waals surface area contributed by atoms with Crippen LogP contribution in [-0.2, 0) is 4.79 Å². The van der Waals surface area contributed by atoms with Gasteiger partial charge in [-0.05, 0) is 26.1 Å². The summed E-state index contributed by atoms with van der Waals surface area (Å²) >= 11 is 4.84. The Morgan fingerprint density at radius 3 is 2.75 bits per heavy atom. The molecule has 12 heavy (non-hydrogen) atoms. The molecular formula is C7H13N3OS. The Hall–Kier alpha value is -0.840. The molecule has 1 saturated heterocycles. The zero-order valence-electron chi connectivity index (χ0n) is 7.26. The summed E-state index contributed by atoms with van der Waals surface area (Å²) in [6, 6.07) is 0.